The first-order chi connectivity index (χ1) is 16.3. The van der Waals surface area contributed by atoms with Gasteiger partial charge < -0.3 is 4.90 Å². The molecule has 0 bridgehead atoms. The first kappa shape index (κ1) is 24.5. The molecule has 0 aromatic heterocycles. The second-order valence-electron chi connectivity index (χ2n) is 9.12. The lowest BCUT2D eigenvalue weighted by Crippen LogP contribution is -2.53. The molecule has 0 radical (unpaired) electrons. The summed E-state index contributed by atoms with van der Waals surface area (Å²) in [6.45, 7) is 4.16. The minimum Gasteiger partial charge on any atom is -0.310 e. The van der Waals surface area contributed by atoms with E-state index in [1.54, 1.807) is 42.3 Å². The summed E-state index contributed by atoms with van der Waals surface area (Å²) in [5, 5.41) is 9.93. The SMILES string of the molecule is CCCCCCN1CC(c2ccc(C#N)cc2)C2(C1)C(=O)N(c1cc(Cl)cc(Cl)c1)C(=O)N2C. The normalized spacial score (nSPS) is 22.7. The third-order valence-corrected chi connectivity index (χ3v) is 7.44. The lowest BCUT2D eigenvalue weighted by Gasteiger charge is -2.34. The number of urea groups is 1. The Bertz CT molecular complexity index is 1110. The highest BCUT2D eigenvalue weighted by atomic mass is 35.5. The van der Waals surface area contributed by atoms with Crippen molar-refractivity contribution in [3.63, 3.8) is 0 Å². The average Bonchev–Trinajstić information content (AvgIpc) is 3.29. The molecule has 2 aromatic rings. The Hall–Kier alpha value is -2.59. The van der Waals surface area contributed by atoms with Crippen LogP contribution in [0.15, 0.2) is 42.5 Å². The van der Waals surface area contributed by atoms with Crippen LogP contribution in [0.4, 0.5) is 10.5 Å². The summed E-state index contributed by atoms with van der Waals surface area (Å²) in [4.78, 5) is 32.6. The topological polar surface area (TPSA) is 67.6 Å². The number of unbranched alkanes of at least 4 members (excludes halogenated alkanes) is 3. The number of anilines is 1. The molecule has 2 heterocycles. The summed E-state index contributed by atoms with van der Waals surface area (Å²) < 4.78 is 0. The number of hydrogen-bond acceptors (Lipinski definition) is 4. The maximum absolute atomic E-state index is 14.1. The molecule has 2 atom stereocenters. The van der Waals surface area contributed by atoms with Gasteiger partial charge in [-0.3, -0.25) is 9.69 Å². The molecule has 178 valence electrons. The van der Waals surface area contributed by atoms with Crippen molar-refractivity contribution in [1.29, 1.82) is 5.26 Å². The fraction of sp³-hybridized carbons (Fsp3) is 0.423. The van der Waals surface area contributed by atoms with Crippen LogP contribution in [0.1, 0.15) is 49.7 Å². The van der Waals surface area contributed by atoms with Gasteiger partial charge in [-0.1, -0.05) is 61.5 Å². The molecule has 2 unspecified atom stereocenters. The minimum atomic E-state index is -1.05. The van der Waals surface area contributed by atoms with E-state index < -0.39 is 11.6 Å². The first-order valence-electron chi connectivity index (χ1n) is 11.6. The zero-order valence-corrected chi connectivity index (χ0v) is 20.9. The van der Waals surface area contributed by atoms with Crippen LogP contribution in [-0.4, -0.2) is 54.0 Å². The lowest BCUT2D eigenvalue weighted by molar-refractivity contribution is -0.124. The molecule has 0 N–H and O–H groups in total. The summed E-state index contributed by atoms with van der Waals surface area (Å²) in [7, 11) is 1.70. The summed E-state index contributed by atoms with van der Waals surface area (Å²) in [6, 6.07) is 13.8. The van der Waals surface area contributed by atoms with E-state index in [0.717, 1.165) is 31.4 Å². The standard InChI is InChI=1S/C26H28Cl2N4O2/c1-3-4-5-6-11-31-16-23(19-9-7-18(15-29)8-10-19)26(17-31)24(33)32(25(34)30(26)2)22-13-20(27)12-21(28)14-22/h7-10,12-14,23H,3-6,11,16-17H2,1-2H3. The largest absolute Gasteiger partial charge is 0.332 e. The van der Waals surface area contributed by atoms with Crippen LogP contribution in [0.25, 0.3) is 0 Å². The lowest BCUT2D eigenvalue weighted by atomic mass is 9.80. The third-order valence-electron chi connectivity index (χ3n) is 7.01. The van der Waals surface area contributed by atoms with Crippen LogP contribution in [-0.2, 0) is 4.79 Å². The zero-order chi connectivity index (χ0) is 24.5. The molecule has 3 amide bonds. The van der Waals surface area contributed by atoms with Crippen molar-refractivity contribution in [2.75, 3.05) is 31.6 Å². The smallest absolute Gasteiger partial charge is 0.310 e. The number of carbonyl (C=O) groups is 2. The zero-order valence-electron chi connectivity index (χ0n) is 19.4. The second kappa shape index (κ2) is 9.95. The summed E-state index contributed by atoms with van der Waals surface area (Å²) in [5.41, 5.74) is 0.819. The number of nitriles is 1. The number of imide groups is 1. The Balaban J connectivity index is 1.73. The molecule has 34 heavy (non-hydrogen) atoms. The number of likely N-dealkylation sites (N-methyl/N-ethyl adjacent to an activating group) is 1. The number of benzene rings is 2. The first-order valence-corrected chi connectivity index (χ1v) is 12.4. The summed E-state index contributed by atoms with van der Waals surface area (Å²) >= 11 is 12.4. The Morgan fingerprint density at radius 1 is 1.06 bits per heavy atom. The van der Waals surface area contributed by atoms with Crippen molar-refractivity contribution < 1.29 is 9.59 Å². The molecule has 8 heteroatoms. The van der Waals surface area contributed by atoms with E-state index in [1.807, 2.05) is 12.1 Å². The van der Waals surface area contributed by atoms with Gasteiger partial charge in [-0.05, 0) is 48.9 Å². The third kappa shape index (κ3) is 4.29. The summed E-state index contributed by atoms with van der Waals surface area (Å²) in [5.74, 6) is -0.503. The number of rotatable bonds is 7. The molecule has 0 aliphatic carbocycles. The molecule has 2 aromatic carbocycles. The maximum Gasteiger partial charge on any atom is 0.332 e. The molecule has 4 rings (SSSR count). The predicted octanol–water partition coefficient (Wildman–Crippen LogP) is 5.68. The van der Waals surface area contributed by atoms with Crippen LogP contribution in [0.5, 0.6) is 0 Å². The van der Waals surface area contributed by atoms with Gasteiger partial charge in [-0.15, -0.1) is 0 Å². The summed E-state index contributed by atoms with van der Waals surface area (Å²) in [6.07, 6.45) is 4.52. The minimum absolute atomic E-state index is 0.229. The van der Waals surface area contributed by atoms with E-state index in [-0.39, 0.29) is 11.8 Å². The van der Waals surface area contributed by atoms with Gasteiger partial charge in [-0.2, -0.15) is 5.26 Å². The molecule has 6 nitrogen and oxygen atoms in total. The molecule has 1 spiro atoms. The van der Waals surface area contributed by atoms with Crippen molar-refractivity contribution in [3.05, 3.63) is 63.6 Å². The number of carbonyl (C=O) groups excluding carboxylic acids is 2. The Labute approximate surface area is 210 Å². The van der Waals surface area contributed by atoms with E-state index in [1.165, 1.54) is 11.3 Å². The molecule has 2 fully saturated rings. The van der Waals surface area contributed by atoms with E-state index in [9.17, 15) is 14.9 Å². The average molecular weight is 499 g/mol. The van der Waals surface area contributed by atoms with Crippen molar-refractivity contribution >= 4 is 40.8 Å². The number of likely N-dealkylation sites (tertiary alicyclic amines) is 1. The van der Waals surface area contributed by atoms with Gasteiger partial charge in [0.05, 0.1) is 17.3 Å². The van der Waals surface area contributed by atoms with Gasteiger partial charge in [0.1, 0.15) is 5.54 Å². The van der Waals surface area contributed by atoms with Crippen LogP contribution < -0.4 is 4.90 Å². The second-order valence-corrected chi connectivity index (χ2v) is 9.99. The number of hydrogen-bond donors (Lipinski definition) is 0. The molecule has 2 saturated heterocycles. The maximum atomic E-state index is 14.1. The molecule has 2 aliphatic rings. The van der Waals surface area contributed by atoms with Gasteiger partial charge in [-0.25, -0.2) is 9.69 Å². The number of amides is 3. The van der Waals surface area contributed by atoms with E-state index >= 15 is 0 Å². The highest BCUT2D eigenvalue weighted by molar-refractivity contribution is 6.35. The molecular formula is C26H28Cl2N4O2. The Kier molecular flexibility index (Phi) is 7.18. The van der Waals surface area contributed by atoms with Gasteiger partial charge in [0.25, 0.3) is 5.91 Å². The highest BCUT2D eigenvalue weighted by Crippen LogP contribution is 2.46. The van der Waals surface area contributed by atoms with Gasteiger partial charge >= 0.3 is 6.03 Å². The van der Waals surface area contributed by atoms with Crippen LogP contribution in [0, 0.1) is 11.3 Å². The van der Waals surface area contributed by atoms with Crippen LogP contribution in [0.2, 0.25) is 10.0 Å². The Morgan fingerprint density at radius 2 is 1.74 bits per heavy atom. The molecular weight excluding hydrogens is 471 g/mol. The van der Waals surface area contributed by atoms with E-state index in [2.05, 4.69) is 17.9 Å². The van der Waals surface area contributed by atoms with Gasteiger partial charge in [0.2, 0.25) is 0 Å². The monoisotopic (exact) mass is 498 g/mol. The van der Waals surface area contributed by atoms with E-state index in [0.29, 0.717) is 34.4 Å². The quantitative estimate of drug-likeness (QED) is 0.363. The Morgan fingerprint density at radius 3 is 2.35 bits per heavy atom. The van der Waals surface area contributed by atoms with E-state index in [4.69, 9.17) is 23.2 Å². The predicted molar refractivity (Wildman–Crippen MR) is 134 cm³/mol. The fourth-order valence-electron chi connectivity index (χ4n) is 5.23. The van der Waals surface area contributed by atoms with Crippen LogP contribution >= 0.6 is 23.2 Å². The fourth-order valence-corrected chi connectivity index (χ4v) is 5.74. The van der Waals surface area contributed by atoms with Gasteiger partial charge in [0, 0.05) is 36.1 Å². The van der Waals surface area contributed by atoms with Gasteiger partial charge in [0.15, 0.2) is 0 Å². The molecule has 0 saturated carbocycles. The highest BCUT2D eigenvalue weighted by Gasteiger charge is 2.64. The van der Waals surface area contributed by atoms with Crippen molar-refractivity contribution in [3.8, 4) is 6.07 Å². The van der Waals surface area contributed by atoms with Crippen molar-refractivity contribution in [1.82, 2.24) is 9.80 Å². The number of nitrogens with zero attached hydrogens (tertiary/aromatic N) is 4. The molecule has 2 aliphatic heterocycles. The van der Waals surface area contributed by atoms with Crippen molar-refractivity contribution in [2.45, 2.75) is 44.1 Å². The number of halogens is 2. The van der Waals surface area contributed by atoms with Crippen LogP contribution in [0.3, 0.4) is 0 Å². The van der Waals surface area contributed by atoms with Crippen molar-refractivity contribution in [2.24, 2.45) is 0 Å².